The Kier molecular flexibility index (Phi) is 4.17. The van der Waals surface area contributed by atoms with E-state index in [0.29, 0.717) is 17.4 Å². The quantitative estimate of drug-likeness (QED) is 0.871. The number of benzene rings is 1. The maximum Gasteiger partial charge on any atom is 0.361 e. The molecule has 2 atom stereocenters. The molecule has 1 fully saturated rings. The van der Waals surface area contributed by atoms with Crippen molar-refractivity contribution in [2.45, 2.75) is 26.8 Å². The molecule has 2 N–H and O–H groups in total. The Balaban J connectivity index is 2.10. The topological polar surface area (TPSA) is 73.4 Å². The zero-order chi connectivity index (χ0) is 17.4. The average molecular weight is 332 g/mol. The number of hydrogen-bond acceptors (Lipinski definition) is 5. The molecule has 1 saturated heterocycles. The summed E-state index contributed by atoms with van der Waals surface area (Å²) in [5.41, 5.74) is 7.23. The molecule has 2 aromatic rings. The highest BCUT2D eigenvalue weighted by Crippen LogP contribution is 2.37. The van der Waals surface area contributed by atoms with Gasteiger partial charge in [0, 0.05) is 12.6 Å². The minimum atomic E-state index is -0.557. The first kappa shape index (κ1) is 16.3. The fourth-order valence-electron chi connectivity index (χ4n) is 2.89. The smallest absolute Gasteiger partial charge is 0.361 e. The lowest BCUT2D eigenvalue weighted by Crippen LogP contribution is -2.54. The van der Waals surface area contributed by atoms with Crippen LogP contribution in [0.2, 0.25) is 0 Å². The lowest BCUT2D eigenvalue weighted by atomic mass is 9.92. The van der Waals surface area contributed by atoms with Crippen LogP contribution in [-0.2, 0) is 4.74 Å². The second-order valence-electron chi connectivity index (χ2n) is 6.06. The van der Waals surface area contributed by atoms with Crippen molar-refractivity contribution in [3.8, 4) is 5.69 Å². The van der Waals surface area contributed by atoms with Gasteiger partial charge in [0.1, 0.15) is 11.5 Å². The predicted molar refractivity (Wildman–Crippen MR) is 89.9 cm³/mol. The summed E-state index contributed by atoms with van der Waals surface area (Å²) in [5, 5.41) is 4.34. The molecular weight excluding hydrogens is 311 g/mol. The Bertz CT molecular complexity index is 757. The molecule has 1 aliphatic rings. The maximum atomic E-state index is 13.2. The summed E-state index contributed by atoms with van der Waals surface area (Å²) in [4.78, 5) is 14.2. The molecule has 1 aliphatic heterocycles. The van der Waals surface area contributed by atoms with Crippen LogP contribution in [0.15, 0.2) is 24.3 Å². The number of carbonyl (C=O) groups excluding carboxylic acids is 1. The SMILES string of the molecule is CCOC(=O)c1nn(-c2ccc(F)cc2)c(N2C[C@H](C)[C@H]2C)c1N. The molecule has 0 saturated carbocycles. The second-order valence-corrected chi connectivity index (χ2v) is 6.06. The Hall–Kier alpha value is -2.57. The largest absolute Gasteiger partial charge is 0.461 e. The van der Waals surface area contributed by atoms with Crippen LogP contribution in [-0.4, -0.2) is 34.9 Å². The van der Waals surface area contributed by atoms with Gasteiger partial charge in [-0.3, -0.25) is 0 Å². The van der Waals surface area contributed by atoms with Crippen LogP contribution in [0.1, 0.15) is 31.3 Å². The highest BCUT2D eigenvalue weighted by Gasteiger charge is 2.37. The zero-order valence-corrected chi connectivity index (χ0v) is 14.0. The van der Waals surface area contributed by atoms with E-state index in [0.717, 1.165) is 6.54 Å². The van der Waals surface area contributed by atoms with Crippen LogP contribution in [0.3, 0.4) is 0 Å². The molecule has 3 rings (SSSR count). The fourth-order valence-corrected chi connectivity index (χ4v) is 2.89. The van der Waals surface area contributed by atoms with Crippen molar-refractivity contribution in [2.75, 3.05) is 23.8 Å². The third-order valence-electron chi connectivity index (χ3n) is 4.51. The fraction of sp³-hybridized carbons (Fsp3) is 0.412. The third kappa shape index (κ3) is 2.60. The lowest BCUT2D eigenvalue weighted by Gasteiger charge is -2.46. The van der Waals surface area contributed by atoms with E-state index in [1.807, 2.05) is 0 Å². The van der Waals surface area contributed by atoms with Crippen molar-refractivity contribution in [2.24, 2.45) is 5.92 Å². The number of ether oxygens (including phenoxy) is 1. The highest BCUT2D eigenvalue weighted by molar-refractivity contribution is 5.96. The van der Waals surface area contributed by atoms with Gasteiger partial charge in [0.05, 0.1) is 12.3 Å². The summed E-state index contributed by atoms with van der Waals surface area (Å²) in [7, 11) is 0. The van der Waals surface area contributed by atoms with E-state index in [1.165, 1.54) is 12.1 Å². The lowest BCUT2D eigenvalue weighted by molar-refractivity contribution is 0.0520. The van der Waals surface area contributed by atoms with E-state index in [1.54, 1.807) is 23.7 Å². The molecule has 6 nitrogen and oxygen atoms in total. The van der Waals surface area contributed by atoms with E-state index < -0.39 is 5.97 Å². The van der Waals surface area contributed by atoms with Gasteiger partial charge < -0.3 is 15.4 Å². The van der Waals surface area contributed by atoms with Crippen LogP contribution in [0.25, 0.3) is 5.69 Å². The molecule has 0 amide bonds. The first-order chi connectivity index (χ1) is 11.4. The first-order valence-electron chi connectivity index (χ1n) is 8.02. The van der Waals surface area contributed by atoms with Crippen molar-refractivity contribution < 1.29 is 13.9 Å². The molecule has 2 heterocycles. The van der Waals surface area contributed by atoms with Gasteiger partial charge in [-0.05, 0) is 44.0 Å². The molecule has 0 spiro atoms. The van der Waals surface area contributed by atoms with Gasteiger partial charge in [0.2, 0.25) is 0 Å². The number of carbonyl (C=O) groups is 1. The van der Waals surface area contributed by atoms with Crippen molar-refractivity contribution in [1.82, 2.24) is 9.78 Å². The molecule has 1 aromatic heterocycles. The summed E-state index contributed by atoms with van der Waals surface area (Å²) in [5.74, 6) is 0.276. The molecule has 7 heteroatoms. The normalized spacial score (nSPS) is 19.9. The number of nitrogens with zero attached hydrogens (tertiary/aromatic N) is 3. The van der Waals surface area contributed by atoms with Crippen molar-refractivity contribution in [3.63, 3.8) is 0 Å². The number of esters is 1. The molecule has 0 aliphatic carbocycles. The van der Waals surface area contributed by atoms with Crippen LogP contribution < -0.4 is 10.6 Å². The van der Waals surface area contributed by atoms with Crippen LogP contribution >= 0.6 is 0 Å². The molecule has 0 radical (unpaired) electrons. The number of anilines is 2. The molecule has 128 valence electrons. The van der Waals surface area contributed by atoms with Gasteiger partial charge in [-0.25, -0.2) is 13.9 Å². The monoisotopic (exact) mass is 332 g/mol. The summed E-state index contributed by atoms with van der Waals surface area (Å²) in [6, 6.07) is 6.19. The molecule has 0 bridgehead atoms. The summed E-state index contributed by atoms with van der Waals surface area (Å²) < 4.78 is 19.9. The van der Waals surface area contributed by atoms with Gasteiger partial charge in [-0.1, -0.05) is 6.92 Å². The minimum Gasteiger partial charge on any atom is -0.461 e. The maximum absolute atomic E-state index is 13.2. The molecule has 24 heavy (non-hydrogen) atoms. The van der Waals surface area contributed by atoms with E-state index in [-0.39, 0.29) is 29.8 Å². The van der Waals surface area contributed by atoms with E-state index in [2.05, 4.69) is 23.8 Å². The Morgan fingerprint density at radius 2 is 2.04 bits per heavy atom. The predicted octanol–water partition coefficient (Wildman–Crippen LogP) is 2.61. The van der Waals surface area contributed by atoms with Crippen LogP contribution in [0.4, 0.5) is 15.9 Å². The summed E-state index contributed by atoms with van der Waals surface area (Å²) in [6.07, 6.45) is 0. The van der Waals surface area contributed by atoms with Crippen molar-refractivity contribution in [3.05, 3.63) is 35.8 Å². The van der Waals surface area contributed by atoms with Crippen molar-refractivity contribution in [1.29, 1.82) is 0 Å². The number of aromatic nitrogens is 2. The van der Waals surface area contributed by atoms with Crippen LogP contribution in [0, 0.1) is 11.7 Å². The van der Waals surface area contributed by atoms with E-state index in [9.17, 15) is 9.18 Å². The van der Waals surface area contributed by atoms with Gasteiger partial charge in [0.15, 0.2) is 11.5 Å². The van der Waals surface area contributed by atoms with E-state index in [4.69, 9.17) is 10.5 Å². The Morgan fingerprint density at radius 1 is 1.38 bits per heavy atom. The van der Waals surface area contributed by atoms with Gasteiger partial charge in [-0.2, -0.15) is 5.10 Å². The highest BCUT2D eigenvalue weighted by atomic mass is 19.1. The molecular formula is C17H21FN4O2. The summed E-state index contributed by atoms with van der Waals surface area (Å²) in [6.45, 7) is 7.04. The third-order valence-corrected chi connectivity index (χ3v) is 4.51. The Labute approximate surface area is 140 Å². The molecule has 1 aromatic carbocycles. The standard InChI is InChI=1S/C17H21FN4O2/c1-4-24-17(23)15-14(19)16(21-9-10(2)11(21)3)22(20-15)13-7-5-12(18)6-8-13/h5-8,10-11H,4,9,19H2,1-3H3/t10-,11+/m0/s1. The molecule has 0 unspecified atom stereocenters. The van der Waals surface area contributed by atoms with E-state index >= 15 is 0 Å². The number of hydrogen-bond donors (Lipinski definition) is 1. The number of halogens is 1. The van der Waals surface area contributed by atoms with Crippen LogP contribution in [0.5, 0.6) is 0 Å². The number of nitrogen functional groups attached to an aromatic ring is 1. The number of nitrogens with two attached hydrogens (primary N) is 1. The van der Waals surface area contributed by atoms with Gasteiger partial charge in [0.25, 0.3) is 0 Å². The van der Waals surface area contributed by atoms with Gasteiger partial charge in [-0.15, -0.1) is 0 Å². The zero-order valence-electron chi connectivity index (χ0n) is 14.0. The second kappa shape index (κ2) is 6.14. The minimum absolute atomic E-state index is 0.0860. The number of rotatable bonds is 4. The average Bonchev–Trinajstić information content (AvgIpc) is 2.90. The Morgan fingerprint density at radius 3 is 2.58 bits per heavy atom. The summed E-state index contributed by atoms with van der Waals surface area (Å²) >= 11 is 0. The van der Waals surface area contributed by atoms with Crippen molar-refractivity contribution >= 4 is 17.5 Å². The van der Waals surface area contributed by atoms with Gasteiger partial charge >= 0.3 is 5.97 Å². The first-order valence-corrected chi connectivity index (χ1v) is 8.02.